The van der Waals surface area contributed by atoms with Gasteiger partial charge >= 0.3 is 5.97 Å². The largest absolute Gasteiger partial charge is 0.493 e. The summed E-state index contributed by atoms with van der Waals surface area (Å²) in [5.41, 5.74) is 3.99. The van der Waals surface area contributed by atoms with E-state index in [-0.39, 0.29) is 11.9 Å². The molecule has 2 rings (SSSR count). The third-order valence-electron chi connectivity index (χ3n) is 5.19. The van der Waals surface area contributed by atoms with E-state index in [1.54, 1.807) is 0 Å². The second-order valence-electron chi connectivity index (χ2n) is 6.72. The van der Waals surface area contributed by atoms with Crippen LogP contribution >= 0.6 is 0 Å². The Morgan fingerprint density at radius 1 is 1.26 bits per heavy atom. The maximum Gasteiger partial charge on any atom is 0.308 e. The van der Waals surface area contributed by atoms with Crippen molar-refractivity contribution in [3.05, 3.63) is 28.8 Å². The van der Waals surface area contributed by atoms with Crippen LogP contribution in [0.2, 0.25) is 0 Å². The summed E-state index contributed by atoms with van der Waals surface area (Å²) in [6.07, 6.45) is 4.18. The first kappa shape index (κ1) is 17.8. The van der Waals surface area contributed by atoms with Gasteiger partial charge in [0.25, 0.3) is 0 Å². The Balaban J connectivity index is 2.09. The summed E-state index contributed by atoms with van der Waals surface area (Å²) in [6, 6.07) is 4.33. The van der Waals surface area contributed by atoms with Crippen LogP contribution < -0.4 is 4.74 Å². The summed E-state index contributed by atoms with van der Waals surface area (Å²) in [7, 11) is 1.48. The number of rotatable bonds is 8. The van der Waals surface area contributed by atoms with Crippen molar-refractivity contribution >= 4 is 5.97 Å². The fourth-order valence-corrected chi connectivity index (χ4v) is 3.45. The monoisotopic (exact) mass is 318 g/mol. The van der Waals surface area contributed by atoms with E-state index in [4.69, 9.17) is 9.47 Å². The molecule has 0 spiro atoms. The van der Waals surface area contributed by atoms with Crippen molar-refractivity contribution in [1.82, 2.24) is 0 Å². The van der Waals surface area contributed by atoms with E-state index >= 15 is 0 Å². The summed E-state index contributed by atoms with van der Waals surface area (Å²) in [5.74, 6) is 2.09. The van der Waals surface area contributed by atoms with Gasteiger partial charge in [0.2, 0.25) is 0 Å². The highest BCUT2D eigenvalue weighted by molar-refractivity contribution is 5.75. The maximum absolute atomic E-state index is 11.6. The molecule has 1 aromatic carbocycles. The van der Waals surface area contributed by atoms with Gasteiger partial charge in [0.05, 0.1) is 19.6 Å². The molecular formula is C20H30O3. The highest BCUT2D eigenvalue weighted by Crippen LogP contribution is 2.47. The molecule has 128 valence electrons. The first-order valence-corrected chi connectivity index (χ1v) is 8.84. The van der Waals surface area contributed by atoms with Crippen LogP contribution in [0.3, 0.4) is 0 Å². The molecule has 3 atom stereocenters. The lowest BCUT2D eigenvalue weighted by Gasteiger charge is -2.21. The van der Waals surface area contributed by atoms with Crippen LogP contribution in [0.5, 0.6) is 5.75 Å². The molecule has 1 fully saturated rings. The average molecular weight is 318 g/mol. The molecule has 1 aliphatic carbocycles. The molecule has 0 heterocycles. The molecular weight excluding hydrogens is 288 g/mol. The summed E-state index contributed by atoms with van der Waals surface area (Å²) in [6.45, 7) is 9.45. The van der Waals surface area contributed by atoms with Crippen molar-refractivity contribution in [2.45, 2.75) is 59.3 Å². The molecule has 0 bridgehead atoms. The lowest BCUT2D eigenvalue weighted by Crippen LogP contribution is -2.08. The first-order valence-electron chi connectivity index (χ1n) is 8.84. The van der Waals surface area contributed by atoms with Crippen LogP contribution in [0, 0.1) is 25.7 Å². The third kappa shape index (κ3) is 4.07. The smallest absolute Gasteiger partial charge is 0.308 e. The number of benzene rings is 1. The molecule has 3 heteroatoms. The highest BCUT2D eigenvalue weighted by atomic mass is 16.5. The summed E-state index contributed by atoms with van der Waals surface area (Å²) in [5, 5.41) is 0. The third-order valence-corrected chi connectivity index (χ3v) is 5.19. The van der Waals surface area contributed by atoms with Gasteiger partial charge in [-0.15, -0.1) is 0 Å². The lowest BCUT2D eigenvalue weighted by atomic mass is 9.86. The van der Waals surface area contributed by atoms with Crippen LogP contribution in [0.1, 0.15) is 62.1 Å². The van der Waals surface area contributed by atoms with E-state index in [0.717, 1.165) is 38.0 Å². The summed E-state index contributed by atoms with van der Waals surface area (Å²) < 4.78 is 10.7. The second kappa shape index (κ2) is 7.85. The van der Waals surface area contributed by atoms with Crippen LogP contribution in [-0.4, -0.2) is 19.7 Å². The minimum absolute atomic E-state index is 0.0407. The second-order valence-corrected chi connectivity index (χ2v) is 6.72. The van der Waals surface area contributed by atoms with Gasteiger partial charge in [0.15, 0.2) is 0 Å². The highest BCUT2D eigenvalue weighted by Gasteiger charge is 2.44. The van der Waals surface area contributed by atoms with Gasteiger partial charge in [0.1, 0.15) is 5.75 Å². The Hall–Kier alpha value is -1.51. The Morgan fingerprint density at radius 3 is 2.61 bits per heavy atom. The molecule has 3 unspecified atom stereocenters. The molecule has 1 saturated carbocycles. The van der Waals surface area contributed by atoms with Crippen LogP contribution in [0.4, 0.5) is 0 Å². The lowest BCUT2D eigenvalue weighted by molar-refractivity contribution is -0.142. The number of hydrogen-bond donors (Lipinski definition) is 0. The number of esters is 1. The number of methoxy groups -OCH3 is 1. The van der Waals surface area contributed by atoms with E-state index < -0.39 is 0 Å². The number of carbonyl (C=O) groups excluding carboxylic acids is 1. The fourth-order valence-electron chi connectivity index (χ4n) is 3.45. The molecule has 0 aliphatic heterocycles. The van der Waals surface area contributed by atoms with Gasteiger partial charge in [-0.25, -0.2) is 0 Å². The van der Waals surface area contributed by atoms with Crippen LogP contribution in [0.15, 0.2) is 12.1 Å². The quantitative estimate of drug-likeness (QED) is 0.647. The van der Waals surface area contributed by atoms with E-state index in [1.165, 1.54) is 23.8 Å². The molecule has 0 N–H and O–H groups in total. The predicted octanol–water partition coefficient (Wildman–Crippen LogP) is 4.79. The normalized spacial score (nSPS) is 20.9. The van der Waals surface area contributed by atoms with Gasteiger partial charge in [0, 0.05) is 0 Å². The SMILES string of the molecule is CCCOc1ccc(C(CC)CC2CC2C(=O)OC)c(C)c1C. The summed E-state index contributed by atoms with van der Waals surface area (Å²) in [4.78, 5) is 11.6. The van der Waals surface area contributed by atoms with Gasteiger partial charge in [-0.3, -0.25) is 4.79 Å². The molecule has 0 saturated heterocycles. The zero-order valence-electron chi connectivity index (χ0n) is 15.1. The van der Waals surface area contributed by atoms with E-state index in [2.05, 4.69) is 39.8 Å². The topological polar surface area (TPSA) is 35.5 Å². The molecule has 0 amide bonds. The number of hydrogen-bond acceptors (Lipinski definition) is 3. The zero-order valence-corrected chi connectivity index (χ0v) is 15.1. The number of carbonyl (C=O) groups is 1. The maximum atomic E-state index is 11.6. The minimum atomic E-state index is -0.0407. The molecule has 0 aromatic heterocycles. The van der Waals surface area contributed by atoms with Gasteiger partial charge in [-0.1, -0.05) is 19.9 Å². The predicted molar refractivity (Wildman–Crippen MR) is 93.0 cm³/mol. The number of ether oxygens (including phenoxy) is 2. The Labute approximate surface area is 140 Å². The molecule has 23 heavy (non-hydrogen) atoms. The first-order chi connectivity index (χ1) is 11.0. The van der Waals surface area contributed by atoms with Crippen molar-refractivity contribution < 1.29 is 14.3 Å². The molecule has 1 aromatic rings. The van der Waals surface area contributed by atoms with Crippen molar-refractivity contribution in [3.63, 3.8) is 0 Å². The van der Waals surface area contributed by atoms with Gasteiger partial charge in [-0.2, -0.15) is 0 Å². The van der Waals surface area contributed by atoms with E-state index in [9.17, 15) is 4.79 Å². The Kier molecular flexibility index (Phi) is 6.09. The van der Waals surface area contributed by atoms with Crippen molar-refractivity contribution in [2.75, 3.05) is 13.7 Å². The summed E-state index contributed by atoms with van der Waals surface area (Å²) >= 11 is 0. The van der Waals surface area contributed by atoms with Crippen molar-refractivity contribution in [1.29, 1.82) is 0 Å². The van der Waals surface area contributed by atoms with Gasteiger partial charge in [-0.05, 0) is 74.1 Å². The van der Waals surface area contributed by atoms with Crippen molar-refractivity contribution in [3.8, 4) is 5.75 Å². The zero-order chi connectivity index (χ0) is 17.0. The molecule has 3 nitrogen and oxygen atoms in total. The van der Waals surface area contributed by atoms with Crippen molar-refractivity contribution in [2.24, 2.45) is 11.8 Å². The van der Waals surface area contributed by atoms with Crippen LogP contribution in [0.25, 0.3) is 0 Å². The average Bonchev–Trinajstić information content (AvgIpc) is 3.33. The Morgan fingerprint density at radius 2 is 2.00 bits per heavy atom. The van der Waals surface area contributed by atoms with Crippen LogP contribution in [-0.2, 0) is 9.53 Å². The van der Waals surface area contributed by atoms with Gasteiger partial charge < -0.3 is 9.47 Å². The Bertz CT molecular complexity index is 550. The van der Waals surface area contributed by atoms with E-state index in [1.807, 2.05) is 0 Å². The standard InChI is InChI=1S/C20H30O3/c1-6-10-23-19-9-8-17(13(3)14(19)4)15(7-2)11-16-12-18(16)20(21)22-5/h8-9,15-16,18H,6-7,10-12H2,1-5H3. The van der Waals surface area contributed by atoms with E-state index in [0.29, 0.717) is 11.8 Å². The minimum Gasteiger partial charge on any atom is -0.493 e. The molecule has 1 aliphatic rings. The molecule has 0 radical (unpaired) electrons. The fraction of sp³-hybridized carbons (Fsp3) is 0.650.